The molecule has 2 rings (SSSR count). The fourth-order valence-electron chi connectivity index (χ4n) is 2.05. The zero-order chi connectivity index (χ0) is 11.2. The Morgan fingerprint density at radius 2 is 2.00 bits per heavy atom. The van der Waals surface area contributed by atoms with E-state index in [-0.39, 0.29) is 11.3 Å². The lowest BCUT2D eigenvalue weighted by Crippen LogP contribution is -2.43. The summed E-state index contributed by atoms with van der Waals surface area (Å²) in [5, 5.41) is 1.29. The van der Waals surface area contributed by atoms with Gasteiger partial charge in [-0.3, -0.25) is 4.79 Å². The van der Waals surface area contributed by atoms with Gasteiger partial charge in [0.15, 0.2) is 0 Å². The van der Waals surface area contributed by atoms with E-state index in [0.717, 1.165) is 5.56 Å². The van der Waals surface area contributed by atoms with Crippen molar-refractivity contribution in [2.75, 3.05) is 0 Å². The lowest BCUT2D eigenvalue weighted by atomic mass is 9.59. The molecule has 15 heavy (non-hydrogen) atoms. The van der Waals surface area contributed by atoms with Crippen molar-refractivity contribution in [1.29, 1.82) is 0 Å². The first kappa shape index (κ1) is 11.0. The van der Waals surface area contributed by atoms with Crippen molar-refractivity contribution >= 4 is 29.0 Å². The minimum atomic E-state index is -0.280. The molecule has 0 N–H and O–H groups in total. The van der Waals surface area contributed by atoms with Gasteiger partial charge in [-0.2, -0.15) is 0 Å². The highest BCUT2D eigenvalue weighted by Gasteiger charge is 2.48. The molecule has 1 aliphatic rings. The largest absolute Gasteiger partial charge is 0.299 e. The molecule has 0 amide bonds. The molecule has 1 aromatic rings. The van der Waals surface area contributed by atoms with Gasteiger partial charge in [0.1, 0.15) is 5.78 Å². The summed E-state index contributed by atoms with van der Waals surface area (Å²) in [5.41, 5.74) is 0.753. The van der Waals surface area contributed by atoms with Gasteiger partial charge in [-0.25, -0.2) is 0 Å². The van der Waals surface area contributed by atoms with Crippen LogP contribution in [0.5, 0.6) is 0 Å². The van der Waals surface area contributed by atoms with Crippen molar-refractivity contribution < 1.29 is 4.79 Å². The fraction of sp³-hybridized carbons (Fsp3) is 0.417. The zero-order valence-corrected chi connectivity index (χ0v) is 10.2. The highest BCUT2D eigenvalue weighted by atomic mass is 35.5. The standard InChI is InChI=1S/C12H12Cl2O/c1-12(2)9(6-11(12)15)8-4-3-7(13)5-10(8)14/h3-5,9H,6H2,1-2H3. The molecule has 1 saturated carbocycles. The first-order chi connectivity index (χ1) is 6.93. The molecule has 1 unspecified atom stereocenters. The predicted octanol–water partition coefficient (Wildman–Crippen LogP) is 4.08. The van der Waals surface area contributed by atoms with Crippen LogP contribution < -0.4 is 0 Å². The normalized spacial score (nSPS) is 23.7. The van der Waals surface area contributed by atoms with Crippen LogP contribution in [-0.2, 0) is 4.79 Å². The van der Waals surface area contributed by atoms with Crippen molar-refractivity contribution in [3.05, 3.63) is 33.8 Å². The van der Waals surface area contributed by atoms with E-state index in [0.29, 0.717) is 22.2 Å². The quantitative estimate of drug-likeness (QED) is 0.726. The van der Waals surface area contributed by atoms with Gasteiger partial charge < -0.3 is 0 Å². The molecule has 1 nitrogen and oxygen atoms in total. The summed E-state index contributed by atoms with van der Waals surface area (Å²) in [7, 11) is 0. The van der Waals surface area contributed by atoms with Gasteiger partial charge in [-0.05, 0) is 17.7 Å². The molecule has 3 heteroatoms. The third-order valence-corrected chi connectivity index (χ3v) is 3.88. The summed E-state index contributed by atoms with van der Waals surface area (Å²) in [4.78, 5) is 11.4. The average molecular weight is 243 g/mol. The van der Waals surface area contributed by atoms with Gasteiger partial charge in [0.25, 0.3) is 0 Å². The summed E-state index contributed by atoms with van der Waals surface area (Å²) in [5.74, 6) is 0.535. The van der Waals surface area contributed by atoms with E-state index >= 15 is 0 Å². The Balaban J connectivity index is 2.36. The summed E-state index contributed by atoms with van der Waals surface area (Å²) in [6.45, 7) is 3.93. The molecule has 0 heterocycles. The van der Waals surface area contributed by atoms with Crippen molar-refractivity contribution in [2.24, 2.45) is 5.41 Å². The molecule has 1 fully saturated rings. The molecule has 1 atom stereocenters. The Labute approximate surface area is 99.4 Å². The van der Waals surface area contributed by atoms with Crippen molar-refractivity contribution in [3.63, 3.8) is 0 Å². The minimum Gasteiger partial charge on any atom is -0.299 e. The molecular weight excluding hydrogens is 231 g/mol. The van der Waals surface area contributed by atoms with Crippen LogP contribution in [0, 0.1) is 5.41 Å². The maximum Gasteiger partial charge on any atom is 0.139 e. The molecular formula is C12H12Cl2O. The maximum absolute atomic E-state index is 11.4. The highest BCUT2D eigenvalue weighted by Crippen LogP contribution is 2.51. The zero-order valence-electron chi connectivity index (χ0n) is 8.68. The molecule has 0 bridgehead atoms. The third-order valence-electron chi connectivity index (χ3n) is 3.32. The van der Waals surface area contributed by atoms with Gasteiger partial charge in [-0.1, -0.05) is 43.1 Å². The van der Waals surface area contributed by atoms with Crippen LogP contribution >= 0.6 is 23.2 Å². The maximum atomic E-state index is 11.4. The second-order valence-corrected chi connectivity index (χ2v) is 5.41. The Hall–Kier alpha value is -0.530. The Kier molecular flexibility index (Phi) is 2.56. The molecule has 0 spiro atoms. The Morgan fingerprint density at radius 1 is 1.33 bits per heavy atom. The van der Waals surface area contributed by atoms with Gasteiger partial charge >= 0.3 is 0 Å². The number of benzene rings is 1. The molecule has 80 valence electrons. The lowest BCUT2D eigenvalue weighted by Gasteiger charge is -2.43. The number of Topliss-reactive ketones (excluding diaryl/α,β-unsaturated/α-hetero) is 1. The van der Waals surface area contributed by atoms with Crippen molar-refractivity contribution in [2.45, 2.75) is 26.2 Å². The molecule has 0 saturated heterocycles. The molecule has 0 aromatic heterocycles. The highest BCUT2D eigenvalue weighted by molar-refractivity contribution is 6.35. The Morgan fingerprint density at radius 3 is 2.47 bits per heavy atom. The summed E-state index contributed by atoms with van der Waals surface area (Å²) >= 11 is 11.9. The van der Waals surface area contributed by atoms with E-state index in [1.807, 2.05) is 26.0 Å². The number of carbonyl (C=O) groups is 1. The van der Waals surface area contributed by atoms with Gasteiger partial charge in [0, 0.05) is 27.8 Å². The molecule has 0 aliphatic heterocycles. The number of hydrogen-bond donors (Lipinski definition) is 0. The first-order valence-electron chi connectivity index (χ1n) is 4.91. The van der Waals surface area contributed by atoms with Gasteiger partial charge in [0.2, 0.25) is 0 Å². The van der Waals surface area contributed by atoms with Crippen LogP contribution in [0.4, 0.5) is 0 Å². The van der Waals surface area contributed by atoms with E-state index in [1.54, 1.807) is 6.07 Å². The average Bonchev–Trinajstić information content (AvgIpc) is 2.15. The van der Waals surface area contributed by atoms with Crippen LogP contribution in [0.25, 0.3) is 0 Å². The van der Waals surface area contributed by atoms with E-state index in [1.165, 1.54) is 0 Å². The second-order valence-electron chi connectivity index (χ2n) is 4.57. The van der Waals surface area contributed by atoms with E-state index in [4.69, 9.17) is 23.2 Å². The smallest absolute Gasteiger partial charge is 0.139 e. The summed E-state index contributed by atoms with van der Waals surface area (Å²) < 4.78 is 0. The number of ketones is 1. The van der Waals surface area contributed by atoms with Gasteiger partial charge in [0.05, 0.1) is 0 Å². The number of carbonyl (C=O) groups excluding carboxylic acids is 1. The van der Waals surface area contributed by atoms with Crippen LogP contribution in [0.3, 0.4) is 0 Å². The number of rotatable bonds is 1. The molecule has 1 aromatic carbocycles. The first-order valence-corrected chi connectivity index (χ1v) is 5.67. The predicted molar refractivity (Wildman–Crippen MR) is 62.6 cm³/mol. The van der Waals surface area contributed by atoms with E-state index in [2.05, 4.69) is 0 Å². The van der Waals surface area contributed by atoms with Gasteiger partial charge in [-0.15, -0.1) is 0 Å². The lowest BCUT2D eigenvalue weighted by molar-refractivity contribution is -0.137. The SMILES string of the molecule is CC1(C)C(=O)CC1c1ccc(Cl)cc1Cl. The van der Waals surface area contributed by atoms with Crippen LogP contribution in [0.1, 0.15) is 31.7 Å². The summed E-state index contributed by atoms with van der Waals surface area (Å²) in [6.07, 6.45) is 0.592. The minimum absolute atomic E-state index is 0.231. The van der Waals surface area contributed by atoms with Crippen LogP contribution in [-0.4, -0.2) is 5.78 Å². The van der Waals surface area contributed by atoms with Crippen LogP contribution in [0.2, 0.25) is 10.0 Å². The second kappa shape index (κ2) is 3.50. The van der Waals surface area contributed by atoms with Crippen molar-refractivity contribution in [1.82, 2.24) is 0 Å². The molecule has 0 radical (unpaired) electrons. The topological polar surface area (TPSA) is 17.1 Å². The number of hydrogen-bond acceptors (Lipinski definition) is 1. The van der Waals surface area contributed by atoms with Crippen LogP contribution in [0.15, 0.2) is 18.2 Å². The monoisotopic (exact) mass is 242 g/mol. The van der Waals surface area contributed by atoms with Crippen molar-refractivity contribution in [3.8, 4) is 0 Å². The number of halogens is 2. The Bertz CT molecular complexity index is 424. The van der Waals surface area contributed by atoms with E-state index < -0.39 is 0 Å². The third kappa shape index (κ3) is 1.68. The van der Waals surface area contributed by atoms with E-state index in [9.17, 15) is 4.79 Å². The fourth-order valence-corrected chi connectivity index (χ4v) is 2.59. The molecule has 1 aliphatic carbocycles. The summed E-state index contributed by atoms with van der Waals surface area (Å²) in [6, 6.07) is 5.47.